The number of carbonyl (C=O) groups excluding carboxylic acids is 2. The predicted molar refractivity (Wildman–Crippen MR) is 54.5 cm³/mol. The lowest BCUT2D eigenvalue weighted by atomic mass is 10.1. The normalized spacial score (nSPS) is 13.2. The van der Waals surface area contributed by atoms with Crippen molar-refractivity contribution in [2.75, 3.05) is 0 Å². The van der Waals surface area contributed by atoms with Crippen LogP contribution in [0.5, 0.6) is 0 Å². The van der Waals surface area contributed by atoms with Crippen LogP contribution in [-0.4, -0.2) is 15.5 Å². The second-order valence-corrected chi connectivity index (χ2v) is 3.67. The van der Waals surface area contributed by atoms with Gasteiger partial charge in [0.05, 0.1) is 0 Å². The third-order valence-corrected chi connectivity index (χ3v) is 2.55. The van der Waals surface area contributed by atoms with Gasteiger partial charge in [0, 0.05) is 5.25 Å². The number of rotatable bonds is 4. The zero-order chi connectivity index (χ0) is 9.02. The van der Waals surface area contributed by atoms with Gasteiger partial charge >= 0.3 is 0 Å². The van der Waals surface area contributed by atoms with Gasteiger partial charge < -0.3 is 0 Å². The molecule has 1 unspecified atom stereocenters. The molecule has 0 saturated heterocycles. The van der Waals surface area contributed by atoms with Crippen LogP contribution in [0.1, 0.15) is 13.3 Å². The van der Waals surface area contributed by atoms with Crippen molar-refractivity contribution in [3.63, 3.8) is 0 Å². The highest BCUT2D eigenvalue weighted by atomic mass is 32.1. The highest BCUT2D eigenvalue weighted by molar-refractivity contribution is 7.99. The van der Waals surface area contributed by atoms with Gasteiger partial charge in [-0.2, -0.15) is 12.6 Å². The summed E-state index contributed by atoms with van der Waals surface area (Å²) in [5.74, 6) is -0.782. The van der Waals surface area contributed by atoms with Crippen molar-refractivity contribution in [2.24, 2.45) is 5.92 Å². The first-order chi connectivity index (χ1) is 5.00. The molecule has 0 heterocycles. The lowest BCUT2D eigenvalue weighted by Gasteiger charge is -2.14. The van der Waals surface area contributed by atoms with Crippen LogP contribution in [0.4, 0.5) is 0 Å². The zero-order valence-corrected chi connectivity index (χ0v) is 8.70. The van der Waals surface area contributed by atoms with Gasteiger partial charge in [0.25, 0.3) is 0 Å². The SMILES string of the molecule is CCC(S)C(C(=O)S)C(=O)S. The fourth-order valence-corrected chi connectivity index (χ4v) is 1.87. The van der Waals surface area contributed by atoms with Gasteiger partial charge in [-0.25, -0.2) is 0 Å². The Labute approximate surface area is 82.4 Å². The van der Waals surface area contributed by atoms with Crippen molar-refractivity contribution in [1.29, 1.82) is 0 Å². The monoisotopic (exact) mass is 210 g/mol. The number of hydrogen-bond donors (Lipinski definition) is 3. The largest absolute Gasteiger partial charge is 0.287 e. The van der Waals surface area contributed by atoms with Crippen molar-refractivity contribution in [3.05, 3.63) is 0 Å². The fraction of sp³-hybridized carbons (Fsp3) is 0.667. The lowest BCUT2D eigenvalue weighted by molar-refractivity contribution is -0.122. The van der Waals surface area contributed by atoms with Crippen molar-refractivity contribution in [2.45, 2.75) is 18.6 Å². The Morgan fingerprint density at radius 1 is 1.27 bits per heavy atom. The van der Waals surface area contributed by atoms with Gasteiger partial charge in [0.2, 0.25) is 0 Å². The van der Waals surface area contributed by atoms with E-state index in [9.17, 15) is 9.59 Å². The predicted octanol–water partition coefficient (Wildman–Crippen LogP) is 1.22. The van der Waals surface area contributed by atoms with E-state index in [0.29, 0.717) is 6.42 Å². The average molecular weight is 210 g/mol. The first kappa shape index (κ1) is 11.4. The summed E-state index contributed by atoms with van der Waals surface area (Å²) in [6.45, 7) is 1.85. The summed E-state index contributed by atoms with van der Waals surface area (Å²) in [6, 6.07) is 0. The molecule has 0 aromatic rings. The van der Waals surface area contributed by atoms with Crippen LogP contribution < -0.4 is 0 Å². The number of thiol groups is 3. The van der Waals surface area contributed by atoms with Crippen molar-refractivity contribution >= 4 is 48.1 Å². The number of carbonyl (C=O) groups is 2. The van der Waals surface area contributed by atoms with Gasteiger partial charge in [-0.1, -0.05) is 6.92 Å². The summed E-state index contributed by atoms with van der Waals surface area (Å²) in [5.41, 5.74) is 0. The van der Waals surface area contributed by atoms with E-state index in [1.807, 2.05) is 6.92 Å². The van der Waals surface area contributed by atoms with Crippen LogP contribution >= 0.6 is 37.9 Å². The van der Waals surface area contributed by atoms with E-state index in [0.717, 1.165) is 0 Å². The van der Waals surface area contributed by atoms with Gasteiger partial charge in [0.15, 0.2) is 10.2 Å². The van der Waals surface area contributed by atoms with Gasteiger partial charge in [-0.3, -0.25) is 9.59 Å². The molecule has 0 aliphatic rings. The molecule has 0 aromatic carbocycles. The third kappa shape index (κ3) is 3.53. The molecule has 0 radical (unpaired) electrons. The first-order valence-corrected chi connectivity index (χ1v) is 4.55. The minimum absolute atomic E-state index is 0.273. The van der Waals surface area contributed by atoms with Crippen LogP contribution in [0.15, 0.2) is 0 Å². The van der Waals surface area contributed by atoms with E-state index in [4.69, 9.17) is 0 Å². The Morgan fingerprint density at radius 2 is 1.64 bits per heavy atom. The Hall–Kier alpha value is 0.390. The molecule has 0 fully saturated rings. The molecule has 11 heavy (non-hydrogen) atoms. The van der Waals surface area contributed by atoms with Crippen LogP contribution in [0.3, 0.4) is 0 Å². The van der Waals surface area contributed by atoms with Crippen LogP contribution in [0.25, 0.3) is 0 Å². The average Bonchev–Trinajstić information content (AvgIpc) is 1.85. The molecule has 0 aliphatic heterocycles. The smallest absolute Gasteiger partial charge is 0.198 e. The number of hydrogen-bond acceptors (Lipinski definition) is 3. The van der Waals surface area contributed by atoms with E-state index in [1.54, 1.807) is 0 Å². The second kappa shape index (κ2) is 5.11. The van der Waals surface area contributed by atoms with E-state index in [-0.39, 0.29) is 5.25 Å². The van der Waals surface area contributed by atoms with E-state index < -0.39 is 16.1 Å². The summed E-state index contributed by atoms with van der Waals surface area (Å²) in [7, 11) is 0. The molecule has 5 heteroatoms. The summed E-state index contributed by atoms with van der Waals surface area (Å²) in [4.78, 5) is 21.5. The molecule has 2 nitrogen and oxygen atoms in total. The minimum atomic E-state index is -0.782. The Balaban J connectivity index is 4.34. The highest BCUT2D eigenvalue weighted by Gasteiger charge is 2.27. The topological polar surface area (TPSA) is 34.1 Å². The summed E-state index contributed by atoms with van der Waals surface area (Å²) in [6.07, 6.45) is 0.645. The highest BCUT2D eigenvalue weighted by Crippen LogP contribution is 2.19. The van der Waals surface area contributed by atoms with Crippen LogP contribution in [0.2, 0.25) is 0 Å². The molecule has 0 aliphatic carbocycles. The molecule has 0 aromatic heterocycles. The fourth-order valence-electron chi connectivity index (χ4n) is 0.670. The summed E-state index contributed by atoms with van der Waals surface area (Å²) >= 11 is 11.2. The third-order valence-electron chi connectivity index (χ3n) is 1.34. The second-order valence-electron chi connectivity index (χ2n) is 2.13. The Bertz CT molecular complexity index is 155. The van der Waals surface area contributed by atoms with Gasteiger partial charge in [0.1, 0.15) is 5.92 Å². The summed E-state index contributed by atoms with van der Waals surface area (Å²) < 4.78 is 0. The van der Waals surface area contributed by atoms with E-state index >= 15 is 0 Å². The molecule has 0 N–H and O–H groups in total. The van der Waals surface area contributed by atoms with Gasteiger partial charge in [-0.15, -0.1) is 25.3 Å². The minimum Gasteiger partial charge on any atom is -0.287 e. The maximum atomic E-state index is 10.7. The van der Waals surface area contributed by atoms with E-state index in [1.165, 1.54) is 0 Å². The Morgan fingerprint density at radius 3 is 1.73 bits per heavy atom. The van der Waals surface area contributed by atoms with Crippen LogP contribution in [0, 0.1) is 5.92 Å². The molecular formula is C6H10O2S3. The molecule has 0 amide bonds. The Kier molecular flexibility index (Phi) is 5.29. The quantitative estimate of drug-likeness (QED) is 0.482. The molecular weight excluding hydrogens is 200 g/mol. The zero-order valence-electron chi connectivity index (χ0n) is 6.02. The lowest BCUT2D eigenvalue weighted by Crippen LogP contribution is -2.26. The molecule has 0 rings (SSSR count). The first-order valence-electron chi connectivity index (χ1n) is 3.14. The van der Waals surface area contributed by atoms with Crippen molar-refractivity contribution in [3.8, 4) is 0 Å². The molecule has 64 valence electrons. The molecule has 0 spiro atoms. The van der Waals surface area contributed by atoms with Crippen molar-refractivity contribution in [1.82, 2.24) is 0 Å². The maximum absolute atomic E-state index is 10.7. The molecule has 1 atom stereocenters. The maximum Gasteiger partial charge on any atom is 0.198 e. The van der Waals surface area contributed by atoms with E-state index in [2.05, 4.69) is 37.9 Å². The molecule has 0 bridgehead atoms. The standard InChI is InChI=1S/C6H10O2S3/c1-2-3(9)4(5(7)10)6(8)11/h3-4,9H,2H2,1H3,(H,7,10)(H,8,11). The summed E-state index contributed by atoms with van der Waals surface area (Å²) in [5, 5.41) is -1.20. The van der Waals surface area contributed by atoms with Crippen LogP contribution in [-0.2, 0) is 9.59 Å². The molecule has 0 saturated carbocycles. The van der Waals surface area contributed by atoms with Crippen molar-refractivity contribution < 1.29 is 9.59 Å². The van der Waals surface area contributed by atoms with Gasteiger partial charge in [-0.05, 0) is 6.42 Å².